The average molecular weight is 283 g/mol. The lowest BCUT2D eigenvalue weighted by Gasteiger charge is -2.13. The first-order valence-corrected chi connectivity index (χ1v) is 8.06. The summed E-state index contributed by atoms with van der Waals surface area (Å²) >= 11 is 0. The maximum Gasteiger partial charge on any atom is 0.0640 e. The molecule has 1 atom stereocenters. The van der Waals surface area contributed by atoms with Gasteiger partial charge in [-0.05, 0) is 43.4 Å². The minimum absolute atomic E-state index is 0.137. The van der Waals surface area contributed by atoms with Gasteiger partial charge in [0.25, 0.3) is 0 Å². The lowest BCUT2D eigenvalue weighted by Crippen LogP contribution is -2.26. The van der Waals surface area contributed by atoms with E-state index in [4.69, 9.17) is 10.8 Å². The largest absolute Gasteiger partial charge is 0.327 e. The van der Waals surface area contributed by atoms with Crippen molar-refractivity contribution >= 4 is 0 Å². The topological polar surface area (TPSA) is 43.8 Å². The Balaban J connectivity index is 1.60. The molecule has 0 spiro atoms. The van der Waals surface area contributed by atoms with Crippen molar-refractivity contribution in [2.45, 2.75) is 57.5 Å². The van der Waals surface area contributed by atoms with Gasteiger partial charge in [0.1, 0.15) is 0 Å². The summed E-state index contributed by atoms with van der Waals surface area (Å²) in [6.07, 6.45) is 9.13. The monoisotopic (exact) mass is 283 g/mol. The molecule has 1 fully saturated rings. The summed E-state index contributed by atoms with van der Waals surface area (Å²) in [6, 6.07) is 11.4. The van der Waals surface area contributed by atoms with Gasteiger partial charge in [0.05, 0.1) is 11.7 Å². The van der Waals surface area contributed by atoms with Crippen molar-refractivity contribution in [2.75, 3.05) is 0 Å². The van der Waals surface area contributed by atoms with Gasteiger partial charge in [0.15, 0.2) is 0 Å². The highest BCUT2D eigenvalue weighted by Gasteiger charge is 2.18. The van der Waals surface area contributed by atoms with E-state index in [0.717, 1.165) is 18.5 Å². The van der Waals surface area contributed by atoms with Gasteiger partial charge >= 0.3 is 0 Å². The molecule has 3 heteroatoms. The number of aryl methyl sites for hydroxylation is 1. The Labute approximate surface area is 127 Å². The third-order valence-corrected chi connectivity index (χ3v) is 4.58. The van der Waals surface area contributed by atoms with Crippen molar-refractivity contribution in [1.82, 2.24) is 9.78 Å². The van der Waals surface area contributed by atoms with E-state index < -0.39 is 0 Å². The number of aromatic nitrogens is 2. The fourth-order valence-corrected chi connectivity index (χ4v) is 3.32. The molecule has 1 aliphatic rings. The predicted molar refractivity (Wildman–Crippen MR) is 86.3 cm³/mol. The molecule has 0 bridgehead atoms. The van der Waals surface area contributed by atoms with Crippen molar-refractivity contribution in [1.29, 1.82) is 0 Å². The van der Waals surface area contributed by atoms with E-state index in [1.165, 1.54) is 36.8 Å². The first-order chi connectivity index (χ1) is 10.2. The minimum Gasteiger partial charge on any atom is -0.327 e. The molecule has 0 amide bonds. The van der Waals surface area contributed by atoms with Crippen LogP contribution in [0.15, 0.2) is 36.5 Å². The van der Waals surface area contributed by atoms with Crippen LogP contribution in [-0.4, -0.2) is 15.8 Å². The zero-order valence-electron chi connectivity index (χ0n) is 12.8. The Morgan fingerprint density at radius 1 is 1.19 bits per heavy atom. The Morgan fingerprint density at radius 2 is 1.95 bits per heavy atom. The van der Waals surface area contributed by atoms with Gasteiger partial charge < -0.3 is 5.73 Å². The van der Waals surface area contributed by atoms with E-state index >= 15 is 0 Å². The SMILES string of the molecule is Cc1ccccc1CC(N)Cc1ccn(C2CCCC2)n1. The Morgan fingerprint density at radius 3 is 2.71 bits per heavy atom. The molecule has 1 unspecified atom stereocenters. The van der Waals surface area contributed by atoms with Crippen molar-refractivity contribution in [2.24, 2.45) is 5.73 Å². The highest BCUT2D eigenvalue weighted by Crippen LogP contribution is 2.28. The van der Waals surface area contributed by atoms with Gasteiger partial charge in [-0.1, -0.05) is 37.1 Å². The highest BCUT2D eigenvalue weighted by atomic mass is 15.3. The van der Waals surface area contributed by atoms with Gasteiger partial charge in [-0.2, -0.15) is 5.10 Å². The van der Waals surface area contributed by atoms with Crippen molar-refractivity contribution in [3.05, 3.63) is 53.3 Å². The number of rotatable bonds is 5. The second-order valence-corrected chi connectivity index (χ2v) is 6.32. The number of hydrogen-bond donors (Lipinski definition) is 1. The van der Waals surface area contributed by atoms with E-state index in [1.807, 2.05) is 0 Å². The van der Waals surface area contributed by atoms with Crippen LogP contribution >= 0.6 is 0 Å². The van der Waals surface area contributed by atoms with Crippen LogP contribution in [0.4, 0.5) is 0 Å². The van der Waals surface area contributed by atoms with Crippen LogP contribution in [0.1, 0.15) is 48.5 Å². The summed E-state index contributed by atoms with van der Waals surface area (Å²) in [4.78, 5) is 0. The number of nitrogens with zero attached hydrogens (tertiary/aromatic N) is 2. The zero-order chi connectivity index (χ0) is 14.7. The third kappa shape index (κ3) is 3.53. The van der Waals surface area contributed by atoms with Gasteiger partial charge in [-0.25, -0.2) is 0 Å². The molecular weight excluding hydrogens is 258 g/mol. The Hall–Kier alpha value is -1.61. The Bertz CT molecular complexity index is 582. The number of nitrogens with two attached hydrogens (primary N) is 1. The van der Waals surface area contributed by atoms with E-state index in [1.54, 1.807) is 0 Å². The zero-order valence-corrected chi connectivity index (χ0v) is 12.8. The molecule has 3 nitrogen and oxygen atoms in total. The average Bonchev–Trinajstić information content (AvgIpc) is 3.12. The van der Waals surface area contributed by atoms with Crippen LogP contribution in [0.5, 0.6) is 0 Å². The summed E-state index contributed by atoms with van der Waals surface area (Å²) < 4.78 is 2.16. The molecule has 3 rings (SSSR count). The van der Waals surface area contributed by atoms with E-state index in [9.17, 15) is 0 Å². The van der Waals surface area contributed by atoms with Crippen molar-refractivity contribution in [3.8, 4) is 0 Å². The fraction of sp³-hybridized carbons (Fsp3) is 0.500. The summed E-state index contributed by atoms with van der Waals surface area (Å²) in [6.45, 7) is 2.15. The summed E-state index contributed by atoms with van der Waals surface area (Å²) in [7, 11) is 0. The fourth-order valence-electron chi connectivity index (χ4n) is 3.32. The molecule has 0 aliphatic heterocycles. The molecule has 112 valence electrons. The number of benzene rings is 1. The minimum atomic E-state index is 0.137. The molecule has 2 N–H and O–H groups in total. The molecule has 0 radical (unpaired) electrons. The molecule has 1 aromatic heterocycles. The van der Waals surface area contributed by atoms with Gasteiger partial charge in [-0.3, -0.25) is 4.68 Å². The molecule has 1 saturated carbocycles. The van der Waals surface area contributed by atoms with Crippen molar-refractivity contribution < 1.29 is 0 Å². The van der Waals surface area contributed by atoms with Gasteiger partial charge in [0, 0.05) is 18.7 Å². The summed E-state index contributed by atoms with van der Waals surface area (Å²) in [5.41, 5.74) is 10.1. The lowest BCUT2D eigenvalue weighted by molar-refractivity contribution is 0.461. The molecule has 1 aromatic carbocycles. The third-order valence-electron chi connectivity index (χ3n) is 4.58. The quantitative estimate of drug-likeness (QED) is 0.913. The molecule has 2 aromatic rings. The van der Waals surface area contributed by atoms with Crippen LogP contribution in [-0.2, 0) is 12.8 Å². The van der Waals surface area contributed by atoms with Gasteiger partial charge in [-0.15, -0.1) is 0 Å². The molecule has 1 aliphatic carbocycles. The number of hydrogen-bond acceptors (Lipinski definition) is 2. The van der Waals surface area contributed by atoms with E-state index in [2.05, 4.69) is 48.1 Å². The Kier molecular flexibility index (Phi) is 4.39. The van der Waals surface area contributed by atoms with Crippen LogP contribution in [0.3, 0.4) is 0 Å². The highest BCUT2D eigenvalue weighted by molar-refractivity contribution is 5.26. The first kappa shape index (κ1) is 14.3. The molecule has 0 saturated heterocycles. The first-order valence-electron chi connectivity index (χ1n) is 8.06. The van der Waals surface area contributed by atoms with Crippen LogP contribution < -0.4 is 5.73 Å². The van der Waals surface area contributed by atoms with E-state index in [0.29, 0.717) is 6.04 Å². The maximum atomic E-state index is 6.32. The smallest absolute Gasteiger partial charge is 0.0640 e. The van der Waals surface area contributed by atoms with E-state index in [-0.39, 0.29) is 6.04 Å². The molecular formula is C18H25N3. The molecule has 1 heterocycles. The van der Waals surface area contributed by atoms with Gasteiger partial charge in [0.2, 0.25) is 0 Å². The maximum absolute atomic E-state index is 6.32. The van der Waals surface area contributed by atoms with Crippen molar-refractivity contribution in [3.63, 3.8) is 0 Å². The van der Waals surface area contributed by atoms with Crippen LogP contribution in [0.2, 0.25) is 0 Å². The second kappa shape index (κ2) is 6.44. The standard InChI is InChI=1S/C18H25N3/c1-14-6-2-3-7-15(14)12-16(19)13-17-10-11-21(20-17)18-8-4-5-9-18/h2-3,6-7,10-11,16,18H,4-5,8-9,12-13,19H2,1H3. The van der Waals surface area contributed by atoms with Crippen LogP contribution in [0.25, 0.3) is 0 Å². The van der Waals surface area contributed by atoms with Crippen LogP contribution in [0, 0.1) is 6.92 Å². The molecule has 21 heavy (non-hydrogen) atoms. The predicted octanol–water partition coefficient (Wildman–Crippen LogP) is 3.42. The second-order valence-electron chi connectivity index (χ2n) is 6.32. The normalized spacial score (nSPS) is 17.2. The summed E-state index contributed by atoms with van der Waals surface area (Å²) in [5.74, 6) is 0. The summed E-state index contributed by atoms with van der Waals surface area (Å²) in [5, 5.41) is 4.73. The lowest BCUT2D eigenvalue weighted by atomic mass is 9.99.